The lowest BCUT2D eigenvalue weighted by molar-refractivity contribution is -0.148. The summed E-state index contributed by atoms with van der Waals surface area (Å²) in [6.45, 7) is 3.51. The minimum absolute atomic E-state index is 0.135. The van der Waals surface area contributed by atoms with Crippen LogP contribution in [0, 0.1) is 5.92 Å². The first-order chi connectivity index (χ1) is 16.1. The normalized spacial score (nSPS) is 14.3. The number of rotatable bonds is 9. The number of anilines is 1. The lowest BCUT2D eigenvalue weighted by Crippen LogP contribution is -2.46. The molecule has 1 aliphatic heterocycles. The van der Waals surface area contributed by atoms with E-state index in [4.69, 9.17) is 4.74 Å². The van der Waals surface area contributed by atoms with Crippen molar-refractivity contribution in [2.75, 3.05) is 23.7 Å². The molecule has 34 heavy (non-hydrogen) atoms. The third-order valence-corrected chi connectivity index (χ3v) is 6.85. The summed E-state index contributed by atoms with van der Waals surface area (Å²) in [5.74, 6) is -1.61. The van der Waals surface area contributed by atoms with E-state index >= 15 is 0 Å². The van der Waals surface area contributed by atoms with Gasteiger partial charge in [-0.2, -0.15) is 0 Å². The average Bonchev–Trinajstić information content (AvgIpc) is 2.79. The number of nitrogens with one attached hydrogen (secondary N) is 1. The number of sulfonamides is 1. The number of carbonyl (C=O) groups excluding carboxylic acids is 3. The number of fused-ring (bicyclic) bond motifs is 1. The van der Waals surface area contributed by atoms with Gasteiger partial charge in [-0.3, -0.25) is 13.9 Å². The highest BCUT2D eigenvalue weighted by molar-refractivity contribution is 7.92. The van der Waals surface area contributed by atoms with Crippen molar-refractivity contribution < 1.29 is 27.5 Å². The van der Waals surface area contributed by atoms with Crippen LogP contribution in [-0.2, 0) is 37.2 Å². The van der Waals surface area contributed by atoms with E-state index in [1.165, 1.54) is 4.31 Å². The molecule has 8 nitrogen and oxygen atoms in total. The predicted octanol–water partition coefficient (Wildman–Crippen LogP) is 2.51. The second-order valence-electron chi connectivity index (χ2n) is 8.76. The average molecular weight is 487 g/mol. The van der Waals surface area contributed by atoms with Gasteiger partial charge in [0.2, 0.25) is 15.9 Å². The van der Waals surface area contributed by atoms with Gasteiger partial charge < -0.3 is 10.1 Å². The molecular weight excluding hydrogens is 456 g/mol. The number of amides is 1. The van der Waals surface area contributed by atoms with E-state index in [0.717, 1.165) is 17.4 Å². The molecule has 1 aliphatic rings. The summed E-state index contributed by atoms with van der Waals surface area (Å²) in [5.41, 5.74) is 2.51. The summed E-state index contributed by atoms with van der Waals surface area (Å²) < 4.78 is 30.6. The number of Topliss-reactive ketones (excluding diaryl/α,β-unsaturated/α-hetero) is 1. The summed E-state index contributed by atoms with van der Waals surface area (Å²) >= 11 is 0. The maximum absolute atomic E-state index is 12.7. The van der Waals surface area contributed by atoms with Gasteiger partial charge in [0.15, 0.2) is 12.4 Å². The van der Waals surface area contributed by atoms with Gasteiger partial charge in [-0.05, 0) is 48.1 Å². The second-order valence-corrected chi connectivity index (χ2v) is 10.7. The van der Waals surface area contributed by atoms with Crippen molar-refractivity contribution in [2.45, 2.75) is 39.2 Å². The Balaban J connectivity index is 1.61. The van der Waals surface area contributed by atoms with Gasteiger partial charge in [0, 0.05) is 12.1 Å². The van der Waals surface area contributed by atoms with Gasteiger partial charge in [-0.1, -0.05) is 44.2 Å². The van der Waals surface area contributed by atoms with E-state index in [0.29, 0.717) is 30.6 Å². The largest absolute Gasteiger partial charge is 0.456 e. The third-order valence-electron chi connectivity index (χ3n) is 5.67. The Hall–Kier alpha value is -3.20. The summed E-state index contributed by atoms with van der Waals surface area (Å²) in [6, 6.07) is 13.1. The zero-order chi connectivity index (χ0) is 24.9. The van der Waals surface area contributed by atoms with Gasteiger partial charge in [-0.15, -0.1) is 0 Å². The van der Waals surface area contributed by atoms with Crippen LogP contribution in [0.25, 0.3) is 0 Å². The molecule has 182 valence electrons. The Morgan fingerprint density at radius 2 is 1.79 bits per heavy atom. The first kappa shape index (κ1) is 25.4. The Labute approximate surface area is 200 Å². The van der Waals surface area contributed by atoms with Crippen LogP contribution in [0.3, 0.4) is 0 Å². The number of benzene rings is 2. The predicted molar refractivity (Wildman–Crippen MR) is 129 cm³/mol. The van der Waals surface area contributed by atoms with E-state index in [9.17, 15) is 22.8 Å². The van der Waals surface area contributed by atoms with Crippen molar-refractivity contribution in [3.63, 3.8) is 0 Å². The molecule has 2 aromatic carbocycles. The maximum Gasteiger partial charge on any atom is 0.329 e. The molecule has 0 spiro atoms. The molecule has 0 aromatic heterocycles. The summed E-state index contributed by atoms with van der Waals surface area (Å²) in [7, 11) is -3.40. The molecule has 0 saturated heterocycles. The molecule has 1 unspecified atom stereocenters. The zero-order valence-electron chi connectivity index (χ0n) is 19.6. The molecule has 1 atom stereocenters. The van der Waals surface area contributed by atoms with Crippen LogP contribution >= 0.6 is 0 Å². The first-order valence-corrected chi connectivity index (χ1v) is 13.0. The highest BCUT2D eigenvalue weighted by Gasteiger charge is 2.28. The number of ether oxygens (including phenoxy) is 1. The highest BCUT2D eigenvalue weighted by atomic mass is 32.2. The zero-order valence-corrected chi connectivity index (χ0v) is 20.4. The van der Waals surface area contributed by atoms with Gasteiger partial charge in [0.05, 0.1) is 18.4 Å². The second kappa shape index (κ2) is 10.8. The molecule has 1 heterocycles. The molecule has 0 aliphatic carbocycles. The number of hydrogen-bond acceptors (Lipinski definition) is 6. The van der Waals surface area contributed by atoms with Crippen LogP contribution in [0.2, 0.25) is 0 Å². The first-order valence-electron chi connectivity index (χ1n) is 11.2. The molecule has 0 bridgehead atoms. The molecule has 0 fully saturated rings. The molecule has 2 aromatic rings. The minimum atomic E-state index is -3.40. The third kappa shape index (κ3) is 6.44. The number of hydrogen-bond donors (Lipinski definition) is 1. The van der Waals surface area contributed by atoms with Crippen LogP contribution in [0.1, 0.15) is 41.8 Å². The van der Waals surface area contributed by atoms with Crippen LogP contribution in [0.15, 0.2) is 48.5 Å². The van der Waals surface area contributed by atoms with Crippen molar-refractivity contribution in [3.8, 4) is 0 Å². The lowest BCUT2D eigenvalue weighted by atomic mass is 9.99. The van der Waals surface area contributed by atoms with Crippen molar-refractivity contribution in [2.24, 2.45) is 5.92 Å². The van der Waals surface area contributed by atoms with E-state index in [1.54, 1.807) is 32.0 Å². The smallest absolute Gasteiger partial charge is 0.329 e. The SMILES string of the molecule is CC(C)C(NC(=O)Cc1ccccc1)C(=O)OCC(=O)c1ccc2c(c1)CCCN2S(C)(=O)=O. The quantitative estimate of drug-likeness (QED) is 0.431. The van der Waals surface area contributed by atoms with E-state index in [1.807, 2.05) is 30.3 Å². The van der Waals surface area contributed by atoms with Gasteiger partial charge >= 0.3 is 5.97 Å². The Bertz CT molecular complexity index is 1160. The maximum atomic E-state index is 12.7. The van der Waals surface area contributed by atoms with E-state index in [2.05, 4.69) is 5.32 Å². The monoisotopic (exact) mass is 486 g/mol. The Kier molecular flexibility index (Phi) is 8.09. The Morgan fingerprint density at radius 3 is 2.44 bits per heavy atom. The molecule has 0 radical (unpaired) electrons. The van der Waals surface area contributed by atoms with Gasteiger partial charge in [0.1, 0.15) is 6.04 Å². The van der Waals surface area contributed by atoms with Crippen LogP contribution < -0.4 is 9.62 Å². The van der Waals surface area contributed by atoms with E-state index in [-0.39, 0.29) is 18.2 Å². The Morgan fingerprint density at radius 1 is 1.09 bits per heavy atom. The van der Waals surface area contributed by atoms with Crippen molar-refractivity contribution in [1.82, 2.24) is 5.32 Å². The number of aryl methyl sites for hydroxylation is 1. The summed E-state index contributed by atoms with van der Waals surface area (Å²) in [5, 5.41) is 2.70. The summed E-state index contributed by atoms with van der Waals surface area (Å²) in [6.07, 6.45) is 2.61. The molecule has 0 saturated carbocycles. The topological polar surface area (TPSA) is 110 Å². The highest BCUT2D eigenvalue weighted by Crippen LogP contribution is 2.30. The number of carbonyl (C=O) groups is 3. The van der Waals surface area contributed by atoms with Crippen molar-refractivity contribution in [1.29, 1.82) is 0 Å². The van der Waals surface area contributed by atoms with Crippen LogP contribution in [0.4, 0.5) is 5.69 Å². The summed E-state index contributed by atoms with van der Waals surface area (Å²) in [4.78, 5) is 37.7. The fourth-order valence-corrected chi connectivity index (χ4v) is 4.89. The molecule has 3 rings (SSSR count). The van der Waals surface area contributed by atoms with Gasteiger partial charge in [-0.25, -0.2) is 13.2 Å². The van der Waals surface area contributed by atoms with Crippen LogP contribution in [0.5, 0.6) is 0 Å². The molecule has 9 heteroatoms. The van der Waals surface area contributed by atoms with Crippen molar-refractivity contribution >= 4 is 33.4 Å². The molecule has 1 N–H and O–H groups in total. The fraction of sp³-hybridized carbons (Fsp3) is 0.400. The number of nitrogens with zero attached hydrogens (tertiary/aromatic N) is 1. The minimum Gasteiger partial charge on any atom is -0.456 e. The van der Waals surface area contributed by atoms with Gasteiger partial charge in [0.25, 0.3) is 0 Å². The molecular formula is C25H30N2O6S. The lowest BCUT2D eigenvalue weighted by Gasteiger charge is -2.29. The van der Waals surface area contributed by atoms with E-state index < -0.39 is 34.4 Å². The number of ketones is 1. The van der Waals surface area contributed by atoms with Crippen LogP contribution in [-0.4, -0.2) is 51.5 Å². The standard InChI is InChI=1S/C25H30N2O6S/c1-17(2)24(26-23(29)14-18-8-5-4-6-9-18)25(30)33-16-22(28)20-11-12-21-19(15-20)10-7-13-27(21)34(3,31)32/h4-6,8-9,11-12,15,17,24H,7,10,13-14,16H2,1-3H3,(H,26,29). The fourth-order valence-electron chi connectivity index (χ4n) is 3.89. The molecule has 1 amide bonds. The van der Waals surface area contributed by atoms with Crippen molar-refractivity contribution in [3.05, 3.63) is 65.2 Å². The number of esters is 1.